The molecule has 0 unspecified atom stereocenters. The zero-order valence-corrected chi connectivity index (χ0v) is 14.5. The maximum atomic E-state index is 12.9. The molecule has 1 aromatic heterocycles. The largest absolute Gasteiger partial charge is 0.354 e. The summed E-state index contributed by atoms with van der Waals surface area (Å²) in [4.78, 5) is 12.2. The number of amides is 1. The number of nitrogens with one attached hydrogen (secondary N) is 2. The lowest BCUT2D eigenvalue weighted by atomic mass is 10.1. The van der Waals surface area contributed by atoms with Crippen LogP contribution < -0.4 is 10.6 Å². The van der Waals surface area contributed by atoms with Crippen LogP contribution in [0.15, 0.2) is 24.3 Å². The summed E-state index contributed by atoms with van der Waals surface area (Å²) in [7, 11) is 0. The lowest BCUT2D eigenvalue weighted by Crippen LogP contribution is -2.42. The van der Waals surface area contributed by atoms with Crippen LogP contribution in [0.5, 0.6) is 0 Å². The smallest absolute Gasteiger partial charge is 0.236 e. The summed E-state index contributed by atoms with van der Waals surface area (Å²) in [5.74, 6) is 1.63. The van der Waals surface area contributed by atoms with Crippen LogP contribution in [0.1, 0.15) is 37.0 Å². The van der Waals surface area contributed by atoms with E-state index in [1.807, 2.05) is 6.92 Å². The molecular weight excluding hydrogens is 321 g/mol. The number of fused-ring (bicyclic) bond motifs is 1. The Morgan fingerprint density at radius 2 is 2.08 bits per heavy atom. The Kier molecular flexibility index (Phi) is 5.75. The molecule has 7 heteroatoms. The molecule has 2 aromatic rings. The molecule has 0 radical (unpaired) electrons. The summed E-state index contributed by atoms with van der Waals surface area (Å²) >= 11 is 0. The van der Waals surface area contributed by atoms with E-state index < -0.39 is 0 Å². The molecule has 1 atom stereocenters. The summed E-state index contributed by atoms with van der Waals surface area (Å²) in [5.41, 5.74) is 0.998. The third-order valence-corrected chi connectivity index (χ3v) is 4.52. The third-order valence-electron chi connectivity index (χ3n) is 4.52. The minimum Gasteiger partial charge on any atom is -0.354 e. The fourth-order valence-corrected chi connectivity index (χ4v) is 2.97. The zero-order valence-electron chi connectivity index (χ0n) is 14.5. The van der Waals surface area contributed by atoms with E-state index in [0.29, 0.717) is 19.5 Å². The molecule has 0 saturated carbocycles. The number of hydrogen-bond acceptors (Lipinski definition) is 4. The van der Waals surface area contributed by atoms with Gasteiger partial charge in [0.15, 0.2) is 0 Å². The highest BCUT2D eigenvalue weighted by molar-refractivity contribution is 5.81. The summed E-state index contributed by atoms with van der Waals surface area (Å²) in [6, 6.07) is 6.01. The van der Waals surface area contributed by atoms with E-state index in [1.54, 1.807) is 12.1 Å². The molecule has 2 N–H and O–H groups in total. The van der Waals surface area contributed by atoms with Gasteiger partial charge in [-0.05, 0) is 43.9 Å². The van der Waals surface area contributed by atoms with Crippen LogP contribution in [0.4, 0.5) is 4.39 Å². The first-order valence-corrected chi connectivity index (χ1v) is 8.80. The summed E-state index contributed by atoms with van der Waals surface area (Å²) in [6.45, 7) is 3.84. The molecule has 134 valence electrons. The molecule has 1 aliphatic rings. The molecular formula is C18H24FN5O. The average Bonchev–Trinajstić information content (AvgIpc) is 3.04. The van der Waals surface area contributed by atoms with E-state index in [-0.39, 0.29) is 17.8 Å². The first kappa shape index (κ1) is 17.5. The van der Waals surface area contributed by atoms with Gasteiger partial charge in [0.05, 0.1) is 12.6 Å². The monoisotopic (exact) mass is 345 g/mol. The van der Waals surface area contributed by atoms with Crippen molar-refractivity contribution in [2.45, 2.75) is 51.7 Å². The Bertz CT molecular complexity index is 713. The number of hydrogen-bond donors (Lipinski definition) is 2. The summed E-state index contributed by atoms with van der Waals surface area (Å²) in [5, 5.41) is 14.5. The Hall–Kier alpha value is -2.28. The quantitative estimate of drug-likeness (QED) is 0.799. The standard InChI is InChI=1S/C18H24FN5O/c1-13(18(25)20-10-9-14-5-7-15(19)8-6-14)21-12-17-23-22-16-4-2-3-11-24(16)17/h5-8,13,21H,2-4,9-12H2,1H3,(H,20,25)/t13-/m1/s1. The predicted molar refractivity (Wildman–Crippen MR) is 92.4 cm³/mol. The van der Waals surface area contributed by atoms with Crippen LogP contribution in [0, 0.1) is 5.82 Å². The molecule has 1 aliphatic heterocycles. The van der Waals surface area contributed by atoms with Gasteiger partial charge in [-0.3, -0.25) is 10.1 Å². The highest BCUT2D eigenvalue weighted by Gasteiger charge is 2.17. The van der Waals surface area contributed by atoms with E-state index in [2.05, 4.69) is 25.4 Å². The number of carbonyl (C=O) groups excluding carboxylic acids is 1. The van der Waals surface area contributed by atoms with Crippen molar-refractivity contribution in [1.82, 2.24) is 25.4 Å². The van der Waals surface area contributed by atoms with Crippen LogP contribution in [-0.4, -0.2) is 33.3 Å². The van der Waals surface area contributed by atoms with E-state index in [9.17, 15) is 9.18 Å². The predicted octanol–water partition coefficient (Wildman–Crippen LogP) is 1.59. The number of benzene rings is 1. The van der Waals surface area contributed by atoms with Crippen molar-refractivity contribution in [3.63, 3.8) is 0 Å². The lowest BCUT2D eigenvalue weighted by Gasteiger charge is -2.17. The van der Waals surface area contributed by atoms with E-state index in [1.165, 1.54) is 18.6 Å². The van der Waals surface area contributed by atoms with Crippen molar-refractivity contribution in [2.24, 2.45) is 0 Å². The molecule has 0 bridgehead atoms. The van der Waals surface area contributed by atoms with Crippen molar-refractivity contribution in [1.29, 1.82) is 0 Å². The summed E-state index contributed by atoms with van der Waals surface area (Å²) in [6.07, 6.45) is 3.97. The van der Waals surface area contributed by atoms with Gasteiger partial charge in [-0.1, -0.05) is 12.1 Å². The Morgan fingerprint density at radius 3 is 2.88 bits per heavy atom. The molecule has 25 heavy (non-hydrogen) atoms. The SMILES string of the molecule is C[C@@H](NCc1nnc2n1CCCC2)C(=O)NCCc1ccc(F)cc1. The van der Waals surface area contributed by atoms with Gasteiger partial charge in [-0.15, -0.1) is 10.2 Å². The molecule has 0 spiro atoms. The molecule has 0 fully saturated rings. The molecule has 6 nitrogen and oxygen atoms in total. The normalized spacial score (nSPS) is 14.8. The van der Waals surface area contributed by atoms with Crippen LogP contribution in [0.2, 0.25) is 0 Å². The van der Waals surface area contributed by atoms with Crippen molar-refractivity contribution >= 4 is 5.91 Å². The van der Waals surface area contributed by atoms with Crippen molar-refractivity contribution in [3.8, 4) is 0 Å². The topological polar surface area (TPSA) is 71.8 Å². The van der Waals surface area contributed by atoms with Gasteiger partial charge in [0, 0.05) is 19.5 Å². The number of nitrogens with zero attached hydrogens (tertiary/aromatic N) is 3. The van der Waals surface area contributed by atoms with Gasteiger partial charge in [0.1, 0.15) is 17.5 Å². The minimum atomic E-state index is -0.315. The van der Waals surface area contributed by atoms with Crippen molar-refractivity contribution in [2.75, 3.05) is 6.54 Å². The van der Waals surface area contributed by atoms with Gasteiger partial charge in [0.25, 0.3) is 0 Å². The molecule has 2 heterocycles. The average molecular weight is 345 g/mol. The molecule has 3 rings (SSSR count). The van der Waals surface area contributed by atoms with E-state index in [0.717, 1.165) is 36.6 Å². The maximum absolute atomic E-state index is 12.9. The second kappa shape index (κ2) is 8.20. The first-order chi connectivity index (χ1) is 12.1. The van der Waals surface area contributed by atoms with Gasteiger partial charge in [-0.2, -0.15) is 0 Å². The highest BCUT2D eigenvalue weighted by atomic mass is 19.1. The minimum absolute atomic E-state index is 0.0551. The fourth-order valence-electron chi connectivity index (χ4n) is 2.97. The van der Waals surface area contributed by atoms with Crippen LogP contribution in [0.25, 0.3) is 0 Å². The third kappa shape index (κ3) is 4.63. The van der Waals surface area contributed by atoms with E-state index >= 15 is 0 Å². The summed E-state index contributed by atoms with van der Waals surface area (Å²) < 4.78 is 15.0. The Labute approximate surface area is 146 Å². The second-order valence-electron chi connectivity index (χ2n) is 6.41. The first-order valence-electron chi connectivity index (χ1n) is 8.80. The number of halogens is 1. The molecule has 0 aliphatic carbocycles. The van der Waals surface area contributed by atoms with Crippen LogP contribution in [0.3, 0.4) is 0 Å². The van der Waals surface area contributed by atoms with Crippen molar-refractivity contribution in [3.05, 3.63) is 47.3 Å². The molecule has 1 aromatic carbocycles. The van der Waals surface area contributed by atoms with E-state index in [4.69, 9.17) is 0 Å². The maximum Gasteiger partial charge on any atom is 0.236 e. The Morgan fingerprint density at radius 1 is 1.28 bits per heavy atom. The fraction of sp³-hybridized carbons (Fsp3) is 0.500. The number of aromatic nitrogens is 3. The van der Waals surface area contributed by atoms with Crippen LogP contribution in [-0.2, 0) is 30.7 Å². The van der Waals surface area contributed by atoms with Gasteiger partial charge < -0.3 is 9.88 Å². The number of aryl methyl sites for hydroxylation is 1. The highest BCUT2D eigenvalue weighted by Crippen LogP contribution is 2.14. The van der Waals surface area contributed by atoms with Gasteiger partial charge >= 0.3 is 0 Å². The van der Waals surface area contributed by atoms with Crippen molar-refractivity contribution < 1.29 is 9.18 Å². The molecule has 1 amide bonds. The second-order valence-corrected chi connectivity index (χ2v) is 6.41. The van der Waals surface area contributed by atoms with Crippen LogP contribution >= 0.6 is 0 Å². The molecule has 0 saturated heterocycles. The zero-order chi connectivity index (χ0) is 17.6. The van der Waals surface area contributed by atoms with Gasteiger partial charge in [-0.25, -0.2) is 4.39 Å². The lowest BCUT2D eigenvalue weighted by molar-refractivity contribution is -0.122. The number of carbonyl (C=O) groups is 1. The van der Waals surface area contributed by atoms with Gasteiger partial charge in [0.2, 0.25) is 5.91 Å². The Balaban J connectivity index is 1.41. The number of rotatable bonds is 7.